The van der Waals surface area contributed by atoms with Crippen molar-refractivity contribution >= 4 is 40.6 Å². The van der Waals surface area contributed by atoms with E-state index in [1.807, 2.05) is 12.3 Å². The monoisotopic (exact) mass is 339 g/mol. The van der Waals surface area contributed by atoms with Crippen LogP contribution in [-0.2, 0) is 9.53 Å². The molecule has 5 nitrogen and oxygen atoms in total. The number of hydrogen-bond donors (Lipinski definition) is 1. The molecule has 116 valence electrons. The molecule has 1 heterocycles. The number of ether oxygens (including phenoxy) is 2. The zero-order valence-electron chi connectivity index (χ0n) is 12.2. The summed E-state index contributed by atoms with van der Waals surface area (Å²) in [4.78, 5) is 16.3. The number of rotatable bonds is 4. The lowest BCUT2D eigenvalue weighted by molar-refractivity contribution is -0.133. The molecule has 0 amide bonds. The van der Waals surface area contributed by atoms with Gasteiger partial charge in [0.05, 0.1) is 24.8 Å². The van der Waals surface area contributed by atoms with Gasteiger partial charge >= 0.3 is 5.97 Å². The first-order chi connectivity index (χ1) is 10.5. The average molecular weight is 340 g/mol. The van der Waals surface area contributed by atoms with Crippen LogP contribution >= 0.6 is 22.9 Å². The fourth-order valence-corrected chi connectivity index (χ4v) is 2.81. The predicted octanol–water partition coefficient (Wildman–Crippen LogP) is 3.53. The number of thiazole rings is 1. The summed E-state index contributed by atoms with van der Waals surface area (Å²) in [6.45, 7) is 1.84. The zero-order chi connectivity index (χ0) is 16.3. The maximum atomic E-state index is 12.0. The largest absolute Gasteiger partial charge is 0.503 e. The Labute approximate surface area is 136 Å². The van der Waals surface area contributed by atoms with Crippen LogP contribution in [0.25, 0.3) is 11.6 Å². The lowest BCUT2D eigenvalue weighted by Crippen LogP contribution is -2.03. The lowest BCUT2D eigenvalue weighted by atomic mass is 10.1. The summed E-state index contributed by atoms with van der Waals surface area (Å²) in [6, 6.07) is 3.10. The van der Waals surface area contributed by atoms with E-state index in [1.54, 1.807) is 12.1 Å². The van der Waals surface area contributed by atoms with Crippen LogP contribution in [-0.4, -0.2) is 30.3 Å². The SMILES string of the molecule is COC(=O)/C(=C\c1cc(Cl)c(O)c(OC)c1)c1nc(C)cs1. The molecule has 0 atom stereocenters. The second-order valence-electron chi connectivity index (χ2n) is 4.40. The molecule has 0 aliphatic carbocycles. The third kappa shape index (κ3) is 3.40. The second-order valence-corrected chi connectivity index (χ2v) is 5.66. The molecule has 7 heteroatoms. The van der Waals surface area contributed by atoms with E-state index in [0.717, 1.165) is 5.69 Å². The van der Waals surface area contributed by atoms with Crippen LogP contribution in [0.4, 0.5) is 0 Å². The number of nitrogens with zero attached hydrogens (tertiary/aromatic N) is 1. The van der Waals surface area contributed by atoms with Crippen molar-refractivity contribution in [1.29, 1.82) is 0 Å². The summed E-state index contributed by atoms with van der Waals surface area (Å²) in [6.07, 6.45) is 1.60. The Kier molecular flexibility index (Phi) is 5.05. The van der Waals surface area contributed by atoms with Gasteiger partial charge < -0.3 is 14.6 Å². The number of phenols is 1. The number of hydrogen-bond acceptors (Lipinski definition) is 6. The molecule has 1 N–H and O–H groups in total. The first-order valence-corrected chi connectivity index (χ1v) is 7.51. The normalized spacial score (nSPS) is 11.4. The Hall–Kier alpha value is -2.05. The van der Waals surface area contributed by atoms with Gasteiger partial charge in [-0.3, -0.25) is 0 Å². The summed E-state index contributed by atoms with van der Waals surface area (Å²) in [5.41, 5.74) is 1.72. The first-order valence-electron chi connectivity index (χ1n) is 6.25. The van der Waals surface area contributed by atoms with Crippen molar-refractivity contribution in [3.63, 3.8) is 0 Å². The minimum Gasteiger partial charge on any atom is -0.503 e. The second kappa shape index (κ2) is 6.81. The van der Waals surface area contributed by atoms with Crippen LogP contribution in [0.2, 0.25) is 5.02 Å². The lowest BCUT2D eigenvalue weighted by Gasteiger charge is -2.07. The van der Waals surface area contributed by atoms with E-state index in [2.05, 4.69) is 4.98 Å². The van der Waals surface area contributed by atoms with E-state index in [-0.39, 0.29) is 16.5 Å². The quantitative estimate of drug-likeness (QED) is 0.681. The highest BCUT2D eigenvalue weighted by atomic mass is 35.5. The molecule has 22 heavy (non-hydrogen) atoms. The van der Waals surface area contributed by atoms with E-state index in [1.165, 1.54) is 31.6 Å². The summed E-state index contributed by atoms with van der Waals surface area (Å²) in [5, 5.41) is 12.3. The maximum Gasteiger partial charge on any atom is 0.340 e. The van der Waals surface area contributed by atoms with Crippen LogP contribution in [0.5, 0.6) is 11.5 Å². The van der Waals surface area contributed by atoms with Crippen LogP contribution in [0.1, 0.15) is 16.3 Å². The van der Waals surface area contributed by atoms with E-state index in [9.17, 15) is 9.90 Å². The molecular formula is C15H14ClNO4S. The molecule has 0 aliphatic heterocycles. The molecule has 2 rings (SSSR count). The molecule has 0 radical (unpaired) electrons. The molecule has 0 bridgehead atoms. The fourth-order valence-electron chi connectivity index (χ4n) is 1.79. The van der Waals surface area contributed by atoms with E-state index in [4.69, 9.17) is 21.1 Å². The molecule has 1 aromatic carbocycles. The Morgan fingerprint density at radius 1 is 1.41 bits per heavy atom. The Bertz CT molecular complexity index is 739. The summed E-state index contributed by atoms with van der Waals surface area (Å²) < 4.78 is 9.86. The Balaban J connectivity index is 2.54. The number of aromatic nitrogens is 1. The number of methoxy groups -OCH3 is 2. The number of halogens is 1. The molecule has 0 spiro atoms. The van der Waals surface area contributed by atoms with Gasteiger partial charge in [-0.1, -0.05) is 11.6 Å². The smallest absolute Gasteiger partial charge is 0.340 e. The molecule has 0 saturated carbocycles. The van der Waals surface area contributed by atoms with Gasteiger partial charge in [0.15, 0.2) is 11.5 Å². The number of aromatic hydroxyl groups is 1. The molecule has 0 saturated heterocycles. The van der Waals surface area contributed by atoms with Gasteiger partial charge in [-0.25, -0.2) is 9.78 Å². The summed E-state index contributed by atoms with van der Waals surface area (Å²) in [7, 11) is 2.73. The van der Waals surface area contributed by atoms with Crippen molar-refractivity contribution < 1.29 is 19.4 Å². The Morgan fingerprint density at radius 2 is 2.14 bits per heavy atom. The van der Waals surface area contributed by atoms with Gasteiger partial charge in [0.1, 0.15) is 5.01 Å². The van der Waals surface area contributed by atoms with Crippen molar-refractivity contribution in [2.75, 3.05) is 14.2 Å². The Morgan fingerprint density at radius 3 is 2.68 bits per heavy atom. The maximum absolute atomic E-state index is 12.0. The van der Waals surface area contributed by atoms with Crippen LogP contribution in [0.15, 0.2) is 17.5 Å². The minimum absolute atomic E-state index is 0.130. The number of benzene rings is 1. The van der Waals surface area contributed by atoms with Crippen molar-refractivity contribution in [2.24, 2.45) is 0 Å². The van der Waals surface area contributed by atoms with Gasteiger partial charge in [0, 0.05) is 11.1 Å². The molecule has 2 aromatic rings. The number of carbonyl (C=O) groups excluding carboxylic acids is 1. The van der Waals surface area contributed by atoms with Crippen molar-refractivity contribution in [1.82, 2.24) is 4.98 Å². The highest BCUT2D eigenvalue weighted by Crippen LogP contribution is 2.36. The third-order valence-corrected chi connectivity index (χ3v) is 4.12. The van der Waals surface area contributed by atoms with E-state index >= 15 is 0 Å². The van der Waals surface area contributed by atoms with Crippen molar-refractivity contribution in [3.8, 4) is 11.5 Å². The highest BCUT2D eigenvalue weighted by Gasteiger charge is 2.17. The number of esters is 1. The van der Waals surface area contributed by atoms with Crippen molar-refractivity contribution in [2.45, 2.75) is 6.92 Å². The topological polar surface area (TPSA) is 68.7 Å². The van der Waals surface area contributed by atoms with Crippen LogP contribution < -0.4 is 4.74 Å². The number of aryl methyl sites for hydroxylation is 1. The van der Waals surface area contributed by atoms with E-state index < -0.39 is 5.97 Å². The minimum atomic E-state index is -0.502. The number of phenolic OH excluding ortho intramolecular Hbond substituents is 1. The molecule has 1 aromatic heterocycles. The predicted molar refractivity (Wildman–Crippen MR) is 86.4 cm³/mol. The zero-order valence-corrected chi connectivity index (χ0v) is 13.8. The van der Waals surface area contributed by atoms with Gasteiger partial charge in [0.2, 0.25) is 0 Å². The molecule has 0 fully saturated rings. The van der Waals surface area contributed by atoms with Crippen LogP contribution in [0.3, 0.4) is 0 Å². The molecule has 0 unspecified atom stereocenters. The van der Waals surface area contributed by atoms with E-state index in [0.29, 0.717) is 16.1 Å². The fraction of sp³-hybridized carbons (Fsp3) is 0.200. The first kappa shape index (κ1) is 16.3. The summed E-state index contributed by atoms with van der Waals surface area (Å²) >= 11 is 7.30. The standard InChI is InChI=1S/C15H14ClNO4S/c1-8-7-22-14(17-8)10(15(19)21-3)4-9-5-11(16)13(18)12(6-9)20-2/h4-7,18H,1-3H3/b10-4-. The van der Waals surface area contributed by atoms with Gasteiger partial charge in [-0.2, -0.15) is 0 Å². The highest BCUT2D eigenvalue weighted by molar-refractivity contribution is 7.11. The molecule has 0 aliphatic rings. The van der Waals surface area contributed by atoms with Crippen molar-refractivity contribution in [3.05, 3.63) is 38.8 Å². The van der Waals surface area contributed by atoms with Gasteiger partial charge in [0.25, 0.3) is 0 Å². The van der Waals surface area contributed by atoms with Gasteiger partial charge in [-0.15, -0.1) is 11.3 Å². The third-order valence-electron chi connectivity index (χ3n) is 2.84. The molecular weight excluding hydrogens is 326 g/mol. The summed E-state index contributed by atoms with van der Waals surface area (Å²) in [5.74, 6) is -0.429. The van der Waals surface area contributed by atoms with Gasteiger partial charge in [-0.05, 0) is 30.7 Å². The average Bonchev–Trinajstić information content (AvgIpc) is 2.93. The van der Waals surface area contributed by atoms with Crippen LogP contribution in [0, 0.1) is 6.92 Å². The number of carbonyl (C=O) groups is 1.